The van der Waals surface area contributed by atoms with Crippen molar-refractivity contribution in [3.8, 4) is 0 Å². The van der Waals surface area contributed by atoms with Crippen LogP contribution in [0, 0.1) is 0 Å². The molecule has 1 aliphatic carbocycles. The van der Waals surface area contributed by atoms with E-state index in [1.54, 1.807) is 0 Å². The van der Waals surface area contributed by atoms with Gasteiger partial charge in [0, 0.05) is 6.54 Å². The monoisotopic (exact) mass is 209 g/mol. The summed E-state index contributed by atoms with van der Waals surface area (Å²) in [4.78, 5) is 11.5. The normalized spacial score (nSPS) is 14.9. The molecular formula is C12H19NO2. The van der Waals surface area contributed by atoms with Gasteiger partial charge in [-0.15, -0.1) is 0 Å². The molecule has 0 atom stereocenters. The number of carbonyl (C=O) groups is 1. The van der Waals surface area contributed by atoms with Crippen molar-refractivity contribution in [2.24, 2.45) is 0 Å². The van der Waals surface area contributed by atoms with Gasteiger partial charge >= 0.3 is 5.97 Å². The van der Waals surface area contributed by atoms with Gasteiger partial charge in [-0.2, -0.15) is 0 Å². The van der Waals surface area contributed by atoms with Crippen LogP contribution in [0.25, 0.3) is 0 Å². The minimum absolute atomic E-state index is 0.204. The van der Waals surface area contributed by atoms with Crippen molar-refractivity contribution in [3.63, 3.8) is 0 Å². The number of hydrogen-bond donors (Lipinski definition) is 1. The average molecular weight is 209 g/mol. The summed E-state index contributed by atoms with van der Waals surface area (Å²) < 4.78 is 5.11. The van der Waals surface area contributed by atoms with Crippen LogP contribution < -0.4 is 5.32 Å². The molecule has 84 valence electrons. The fraction of sp³-hybridized carbons (Fsp3) is 0.583. The lowest BCUT2D eigenvalue weighted by Crippen LogP contribution is -2.22. The third-order valence-corrected chi connectivity index (χ3v) is 2.17. The summed E-state index contributed by atoms with van der Waals surface area (Å²) in [6.45, 7) is 4.26. The first-order chi connectivity index (χ1) is 7.34. The van der Waals surface area contributed by atoms with E-state index in [-0.39, 0.29) is 5.97 Å². The second kappa shape index (κ2) is 7.23. The van der Waals surface area contributed by atoms with Crippen molar-refractivity contribution in [1.82, 2.24) is 5.32 Å². The Kier molecular flexibility index (Phi) is 5.78. The summed E-state index contributed by atoms with van der Waals surface area (Å²) in [6, 6.07) is 0. The van der Waals surface area contributed by atoms with Crippen LogP contribution in [-0.4, -0.2) is 25.7 Å². The second-order valence-electron chi connectivity index (χ2n) is 3.53. The summed E-state index contributed by atoms with van der Waals surface area (Å²) >= 11 is 0. The molecule has 15 heavy (non-hydrogen) atoms. The van der Waals surface area contributed by atoms with Crippen LogP contribution >= 0.6 is 0 Å². The number of nitrogens with one attached hydrogen (secondary N) is 1. The SMILES string of the molecule is CCCNCCOC(=O)C1=CCCC=C1. The van der Waals surface area contributed by atoms with E-state index < -0.39 is 0 Å². The highest BCUT2D eigenvalue weighted by atomic mass is 16.5. The quantitative estimate of drug-likeness (QED) is 0.535. The molecular weight excluding hydrogens is 190 g/mol. The number of ether oxygens (including phenoxy) is 1. The maximum absolute atomic E-state index is 11.5. The van der Waals surface area contributed by atoms with Crippen molar-refractivity contribution in [1.29, 1.82) is 0 Å². The van der Waals surface area contributed by atoms with Gasteiger partial charge in [0.1, 0.15) is 6.61 Å². The van der Waals surface area contributed by atoms with Crippen LogP contribution in [0.5, 0.6) is 0 Å². The third kappa shape index (κ3) is 4.79. The zero-order chi connectivity index (χ0) is 10.9. The molecule has 0 saturated carbocycles. The van der Waals surface area contributed by atoms with Gasteiger partial charge in [-0.3, -0.25) is 0 Å². The molecule has 0 saturated heterocycles. The summed E-state index contributed by atoms with van der Waals surface area (Å²) in [6.07, 6.45) is 8.84. The van der Waals surface area contributed by atoms with Crippen molar-refractivity contribution in [3.05, 3.63) is 23.8 Å². The summed E-state index contributed by atoms with van der Waals surface area (Å²) in [5.74, 6) is -0.204. The first kappa shape index (κ1) is 12.0. The Bertz CT molecular complexity index is 256. The highest BCUT2D eigenvalue weighted by Crippen LogP contribution is 2.10. The van der Waals surface area contributed by atoms with Crippen molar-refractivity contribution >= 4 is 5.97 Å². The molecule has 1 rings (SSSR count). The zero-order valence-corrected chi connectivity index (χ0v) is 9.29. The minimum Gasteiger partial charge on any atom is -0.461 e. The Morgan fingerprint density at radius 1 is 1.47 bits per heavy atom. The van der Waals surface area contributed by atoms with Crippen LogP contribution in [0.1, 0.15) is 26.2 Å². The molecule has 0 unspecified atom stereocenters. The topological polar surface area (TPSA) is 38.3 Å². The zero-order valence-electron chi connectivity index (χ0n) is 9.29. The average Bonchev–Trinajstić information content (AvgIpc) is 2.30. The molecule has 0 aromatic carbocycles. The highest BCUT2D eigenvalue weighted by Gasteiger charge is 2.08. The minimum atomic E-state index is -0.204. The van der Waals surface area contributed by atoms with Crippen molar-refractivity contribution in [2.45, 2.75) is 26.2 Å². The Balaban J connectivity index is 2.13. The van der Waals surface area contributed by atoms with E-state index in [0.717, 1.165) is 32.4 Å². The molecule has 0 aliphatic heterocycles. The first-order valence-electron chi connectivity index (χ1n) is 5.59. The molecule has 3 nitrogen and oxygen atoms in total. The molecule has 1 aliphatic rings. The lowest BCUT2D eigenvalue weighted by molar-refractivity contribution is -0.138. The molecule has 0 fully saturated rings. The van der Waals surface area contributed by atoms with Gasteiger partial charge in [-0.05, 0) is 25.8 Å². The highest BCUT2D eigenvalue weighted by molar-refractivity contribution is 5.91. The van der Waals surface area contributed by atoms with Gasteiger partial charge < -0.3 is 10.1 Å². The van der Waals surface area contributed by atoms with Crippen LogP contribution in [0.3, 0.4) is 0 Å². The number of hydrogen-bond acceptors (Lipinski definition) is 3. The van der Waals surface area contributed by atoms with E-state index >= 15 is 0 Å². The van der Waals surface area contributed by atoms with Crippen LogP contribution in [-0.2, 0) is 9.53 Å². The fourth-order valence-corrected chi connectivity index (χ4v) is 1.37. The molecule has 0 radical (unpaired) electrons. The maximum Gasteiger partial charge on any atom is 0.337 e. The summed E-state index contributed by atoms with van der Waals surface area (Å²) in [7, 11) is 0. The predicted octanol–water partition coefficient (Wildman–Crippen LogP) is 1.81. The van der Waals surface area contributed by atoms with Crippen molar-refractivity contribution in [2.75, 3.05) is 19.7 Å². The number of allylic oxidation sites excluding steroid dienone is 2. The maximum atomic E-state index is 11.5. The summed E-state index contributed by atoms with van der Waals surface area (Å²) in [5.41, 5.74) is 0.691. The molecule has 0 aromatic rings. The molecule has 3 heteroatoms. The molecule has 0 bridgehead atoms. The Morgan fingerprint density at radius 3 is 3.00 bits per heavy atom. The predicted molar refractivity (Wildman–Crippen MR) is 60.6 cm³/mol. The van der Waals surface area contributed by atoms with Gasteiger partial charge in [-0.25, -0.2) is 4.79 Å². The third-order valence-electron chi connectivity index (χ3n) is 2.17. The van der Waals surface area contributed by atoms with E-state index in [9.17, 15) is 4.79 Å². The van der Waals surface area contributed by atoms with E-state index in [4.69, 9.17) is 4.74 Å². The molecule has 0 heterocycles. The molecule has 1 N–H and O–H groups in total. The Labute approximate surface area is 91.2 Å². The van der Waals surface area contributed by atoms with E-state index in [0.29, 0.717) is 12.2 Å². The first-order valence-corrected chi connectivity index (χ1v) is 5.59. The van der Waals surface area contributed by atoms with E-state index in [2.05, 4.69) is 12.2 Å². The smallest absolute Gasteiger partial charge is 0.337 e. The van der Waals surface area contributed by atoms with E-state index in [1.807, 2.05) is 18.2 Å². The van der Waals surface area contributed by atoms with Gasteiger partial charge in [0.2, 0.25) is 0 Å². The van der Waals surface area contributed by atoms with Gasteiger partial charge in [0.15, 0.2) is 0 Å². The lowest BCUT2D eigenvalue weighted by Gasteiger charge is -2.08. The van der Waals surface area contributed by atoms with Gasteiger partial charge in [0.05, 0.1) is 5.57 Å². The largest absolute Gasteiger partial charge is 0.461 e. The Hall–Kier alpha value is -1.09. The Morgan fingerprint density at radius 2 is 2.33 bits per heavy atom. The molecule has 0 amide bonds. The van der Waals surface area contributed by atoms with Crippen LogP contribution in [0.2, 0.25) is 0 Å². The second-order valence-corrected chi connectivity index (χ2v) is 3.53. The van der Waals surface area contributed by atoms with Crippen LogP contribution in [0.15, 0.2) is 23.8 Å². The standard InChI is InChI=1S/C12H19NO2/c1-2-8-13-9-10-15-12(14)11-6-4-3-5-7-11/h4,6-7,13H,2-3,5,8-10H2,1H3. The van der Waals surface area contributed by atoms with E-state index in [1.165, 1.54) is 0 Å². The number of carbonyl (C=O) groups excluding carboxylic acids is 1. The van der Waals surface area contributed by atoms with Gasteiger partial charge in [0.25, 0.3) is 0 Å². The fourth-order valence-electron chi connectivity index (χ4n) is 1.37. The number of esters is 1. The van der Waals surface area contributed by atoms with Crippen LogP contribution in [0.4, 0.5) is 0 Å². The van der Waals surface area contributed by atoms with Gasteiger partial charge in [-0.1, -0.05) is 25.2 Å². The number of rotatable bonds is 6. The molecule has 0 aromatic heterocycles. The summed E-state index contributed by atoms with van der Waals surface area (Å²) in [5, 5.41) is 3.18. The molecule has 0 spiro atoms. The van der Waals surface area contributed by atoms with Crippen molar-refractivity contribution < 1.29 is 9.53 Å². The lowest BCUT2D eigenvalue weighted by atomic mass is 10.1.